The van der Waals surface area contributed by atoms with Crippen LogP contribution in [0.25, 0.3) is 0 Å². The van der Waals surface area contributed by atoms with Crippen molar-refractivity contribution in [3.63, 3.8) is 0 Å². The smallest absolute Gasteiger partial charge is 0.325 e. The number of amides is 1. The van der Waals surface area contributed by atoms with E-state index in [1.54, 1.807) is 12.1 Å². The van der Waals surface area contributed by atoms with E-state index in [4.69, 9.17) is 0 Å². The van der Waals surface area contributed by atoms with Crippen LogP contribution < -0.4 is 0 Å². The van der Waals surface area contributed by atoms with Crippen LogP contribution in [0.1, 0.15) is 15.9 Å². The summed E-state index contributed by atoms with van der Waals surface area (Å²) < 4.78 is 39.5. The first kappa shape index (κ1) is 19.2. The van der Waals surface area contributed by atoms with Crippen molar-refractivity contribution < 1.29 is 22.9 Å². The molecule has 0 saturated carbocycles. The third-order valence-electron chi connectivity index (χ3n) is 3.30. The molecule has 0 unspecified atom stereocenters. The predicted octanol–water partition coefficient (Wildman–Crippen LogP) is 4.40. The Morgan fingerprint density at radius 1 is 1.12 bits per heavy atom. The zero-order valence-corrected chi connectivity index (χ0v) is 14.8. The molecule has 0 aromatic heterocycles. The summed E-state index contributed by atoms with van der Waals surface area (Å²) in [6.45, 7) is -2.01. The Labute approximate surface area is 154 Å². The number of nitro benzene ring substituents is 1. The summed E-state index contributed by atoms with van der Waals surface area (Å²) in [5, 5.41) is 11.0. The van der Waals surface area contributed by atoms with Gasteiger partial charge >= 0.3 is 6.18 Å². The minimum atomic E-state index is -4.62. The first-order chi connectivity index (χ1) is 11.7. The Balaban J connectivity index is 2.35. The maximum atomic E-state index is 12.9. The second-order valence-corrected chi connectivity index (χ2v) is 6.41. The number of carbonyl (C=O) groups excluding carboxylic acids is 1. The van der Waals surface area contributed by atoms with Crippen molar-refractivity contribution in [1.82, 2.24) is 4.90 Å². The SMILES string of the molecule is O=C(c1ccc(I)cc1)N(Cc1ccccc1[N+](=O)[O-])CC(F)(F)F. The van der Waals surface area contributed by atoms with Crippen molar-refractivity contribution in [3.05, 3.63) is 73.3 Å². The molecular formula is C16H12F3IN2O3. The van der Waals surface area contributed by atoms with Crippen molar-refractivity contribution in [2.75, 3.05) is 6.54 Å². The number of nitrogens with zero attached hydrogens (tertiary/aromatic N) is 2. The molecule has 2 rings (SSSR count). The van der Waals surface area contributed by atoms with E-state index in [9.17, 15) is 28.1 Å². The van der Waals surface area contributed by atoms with E-state index in [1.807, 2.05) is 22.6 Å². The zero-order chi connectivity index (χ0) is 18.6. The van der Waals surface area contributed by atoms with Crippen molar-refractivity contribution in [1.29, 1.82) is 0 Å². The second-order valence-electron chi connectivity index (χ2n) is 5.17. The summed E-state index contributed by atoms with van der Waals surface area (Å²) >= 11 is 2.01. The summed E-state index contributed by atoms with van der Waals surface area (Å²) in [6.07, 6.45) is -4.62. The van der Waals surface area contributed by atoms with Gasteiger partial charge in [-0.2, -0.15) is 13.2 Å². The van der Waals surface area contributed by atoms with Gasteiger partial charge in [-0.25, -0.2) is 0 Å². The van der Waals surface area contributed by atoms with Gasteiger partial charge in [0, 0.05) is 20.8 Å². The van der Waals surface area contributed by atoms with E-state index >= 15 is 0 Å². The van der Waals surface area contributed by atoms with Crippen LogP contribution >= 0.6 is 22.6 Å². The number of hydrogen-bond donors (Lipinski definition) is 0. The first-order valence-corrected chi connectivity index (χ1v) is 8.09. The van der Waals surface area contributed by atoms with Crippen LogP contribution in [0.5, 0.6) is 0 Å². The number of carbonyl (C=O) groups is 1. The summed E-state index contributed by atoms with van der Waals surface area (Å²) in [5.74, 6) is -0.841. The number of alkyl halides is 3. The molecule has 9 heteroatoms. The summed E-state index contributed by atoms with van der Waals surface area (Å²) in [5.41, 5.74) is -0.205. The second kappa shape index (κ2) is 7.81. The van der Waals surface area contributed by atoms with E-state index in [1.165, 1.54) is 36.4 Å². The molecule has 0 aliphatic rings. The molecule has 0 radical (unpaired) electrons. The topological polar surface area (TPSA) is 63.5 Å². The van der Waals surface area contributed by atoms with Gasteiger partial charge in [0.15, 0.2) is 0 Å². The third-order valence-corrected chi connectivity index (χ3v) is 4.02. The van der Waals surface area contributed by atoms with Crippen LogP contribution in [-0.4, -0.2) is 28.5 Å². The Morgan fingerprint density at radius 3 is 2.28 bits per heavy atom. The number of nitro groups is 1. The fourth-order valence-electron chi connectivity index (χ4n) is 2.22. The van der Waals surface area contributed by atoms with Crippen molar-refractivity contribution in [2.24, 2.45) is 0 Å². The Morgan fingerprint density at radius 2 is 1.72 bits per heavy atom. The lowest BCUT2D eigenvalue weighted by Crippen LogP contribution is -2.38. The average Bonchev–Trinajstić information content (AvgIpc) is 2.53. The largest absolute Gasteiger partial charge is 0.406 e. The lowest BCUT2D eigenvalue weighted by atomic mass is 10.1. The minimum Gasteiger partial charge on any atom is -0.325 e. The number of halogens is 4. The number of para-hydroxylation sites is 1. The monoisotopic (exact) mass is 464 g/mol. The standard InChI is InChI=1S/C16H12F3IN2O3/c17-16(18,19)10-21(15(23)11-5-7-13(20)8-6-11)9-12-3-1-2-4-14(12)22(24)25/h1-8H,9-10H2. The van der Waals surface area contributed by atoms with E-state index < -0.39 is 30.1 Å². The lowest BCUT2D eigenvalue weighted by molar-refractivity contribution is -0.385. The fraction of sp³-hybridized carbons (Fsp3) is 0.188. The molecule has 2 aromatic rings. The highest BCUT2D eigenvalue weighted by Gasteiger charge is 2.34. The van der Waals surface area contributed by atoms with Gasteiger partial charge in [-0.15, -0.1) is 0 Å². The Hall–Kier alpha value is -2.17. The molecule has 0 atom stereocenters. The zero-order valence-electron chi connectivity index (χ0n) is 12.7. The van der Waals surface area contributed by atoms with E-state index in [0.29, 0.717) is 4.90 Å². The molecule has 0 spiro atoms. The first-order valence-electron chi connectivity index (χ1n) is 7.01. The average molecular weight is 464 g/mol. The molecule has 25 heavy (non-hydrogen) atoms. The minimum absolute atomic E-state index is 0.0376. The molecular weight excluding hydrogens is 452 g/mol. The molecule has 0 N–H and O–H groups in total. The van der Waals surface area contributed by atoms with Gasteiger partial charge in [0.2, 0.25) is 0 Å². The van der Waals surface area contributed by atoms with Gasteiger partial charge < -0.3 is 4.90 Å². The van der Waals surface area contributed by atoms with Gasteiger partial charge in [0.05, 0.1) is 11.5 Å². The maximum Gasteiger partial charge on any atom is 0.406 e. The molecule has 1 amide bonds. The molecule has 2 aromatic carbocycles. The van der Waals surface area contributed by atoms with Gasteiger partial charge in [-0.3, -0.25) is 14.9 Å². The molecule has 0 aliphatic carbocycles. The van der Waals surface area contributed by atoms with Gasteiger partial charge in [-0.1, -0.05) is 18.2 Å². The highest BCUT2D eigenvalue weighted by atomic mass is 127. The van der Waals surface area contributed by atoms with Gasteiger partial charge in [0.25, 0.3) is 11.6 Å². The van der Waals surface area contributed by atoms with Crippen LogP contribution in [0, 0.1) is 13.7 Å². The van der Waals surface area contributed by atoms with Crippen LogP contribution in [0.2, 0.25) is 0 Å². The van der Waals surface area contributed by atoms with Crippen molar-refractivity contribution in [3.8, 4) is 0 Å². The number of hydrogen-bond acceptors (Lipinski definition) is 3. The molecule has 0 fully saturated rings. The Bertz CT molecular complexity index is 779. The molecule has 132 valence electrons. The number of benzene rings is 2. The van der Waals surface area contributed by atoms with Crippen molar-refractivity contribution in [2.45, 2.75) is 12.7 Å². The van der Waals surface area contributed by atoms with Crippen LogP contribution in [0.4, 0.5) is 18.9 Å². The van der Waals surface area contributed by atoms with Crippen LogP contribution in [0.15, 0.2) is 48.5 Å². The van der Waals surface area contributed by atoms with Crippen molar-refractivity contribution >= 4 is 34.2 Å². The quantitative estimate of drug-likeness (QED) is 0.375. The summed E-state index contributed by atoms with van der Waals surface area (Å²) in [6, 6.07) is 11.5. The fourth-order valence-corrected chi connectivity index (χ4v) is 2.58. The maximum absolute atomic E-state index is 12.9. The van der Waals surface area contributed by atoms with Gasteiger partial charge in [0.1, 0.15) is 6.54 Å². The molecule has 0 heterocycles. The van der Waals surface area contributed by atoms with E-state index in [0.717, 1.165) is 3.57 Å². The van der Waals surface area contributed by atoms with Gasteiger partial charge in [-0.05, 0) is 46.9 Å². The third kappa shape index (κ3) is 5.41. The summed E-state index contributed by atoms with van der Waals surface area (Å²) in [7, 11) is 0. The lowest BCUT2D eigenvalue weighted by Gasteiger charge is -2.24. The molecule has 0 aliphatic heterocycles. The highest BCUT2D eigenvalue weighted by Crippen LogP contribution is 2.24. The van der Waals surface area contributed by atoms with E-state index in [-0.39, 0.29) is 16.8 Å². The van der Waals surface area contributed by atoms with E-state index in [2.05, 4.69) is 0 Å². The highest BCUT2D eigenvalue weighted by molar-refractivity contribution is 14.1. The van der Waals surface area contributed by atoms with Crippen LogP contribution in [0.3, 0.4) is 0 Å². The van der Waals surface area contributed by atoms with Crippen LogP contribution in [-0.2, 0) is 6.54 Å². The normalized spacial score (nSPS) is 11.2. The summed E-state index contributed by atoms with van der Waals surface area (Å²) in [4.78, 5) is 23.4. The predicted molar refractivity (Wildman–Crippen MR) is 93.1 cm³/mol. The Kier molecular flexibility index (Phi) is 5.98. The molecule has 5 nitrogen and oxygen atoms in total. The molecule has 0 saturated heterocycles. The molecule has 0 bridgehead atoms. The number of rotatable bonds is 5.